The Kier molecular flexibility index (Phi) is 5.74. The highest BCUT2D eigenvalue weighted by atomic mass is 19.4. The van der Waals surface area contributed by atoms with Crippen LogP contribution in [0.15, 0.2) is 30.6 Å². The summed E-state index contributed by atoms with van der Waals surface area (Å²) in [6, 6.07) is 6.86. The van der Waals surface area contributed by atoms with Crippen molar-refractivity contribution in [1.82, 2.24) is 19.9 Å². The van der Waals surface area contributed by atoms with Crippen LogP contribution in [0.2, 0.25) is 0 Å². The molecule has 4 heterocycles. The topological polar surface area (TPSA) is 80.1 Å². The number of alkyl halides is 3. The Morgan fingerprint density at radius 2 is 1.82 bits per heavy atom. The van der Waals surface area contributed by atoms with Crippen LogP contribution in [0, 0.1) is 17.7 Å². The first-order valence-electron chi connectivity index (χ1n) is 11.0. The van der Waals surface area contributed by atoms with Crippen molar-refractivity contribution in [3.63, 3.8) is 0 Å². The van der Waals surface area contributed by atoms with Crippen LogP contribution in [-0.4, -0.2) is 52.2 Å². The van der Waals surface area contributed by atoms with Gasteiger partial charge >= 0.3 is 6.18 Å². The first kappa shape index (κ1) is 22.1. The molecule has 2 aliphatic heterocycles. The van der Waals surface area contributed by atoms with E-state index in [1.165, 1.54) is 30.6 Å². The smallest absolute Gasteiger partial charge is 0.383 e. The van der Waals surface area contributed by atoms with Gasteiger partial charge in [-0.2, -0.15) is 13.2 Å². The van der Waals surface area contributed by atoms with Crippen molar-refractivity contribution >= 4 is 16.9 Å². The first-order valence-corrected chi connectivity index (χ1v) is 11.0. The summed E-state index contributed by atoms with van der Waals surface area (Å²) < 4.78 is 55.5. The Labute approximate surface area is 188 Å². The molecule has 2 saturated heterocycles. The zero-order valence-electron chi connectivity index (χ0n) is 17.9. The third-order valence-corrected chi connectivity index (χ3v) is 6.92. The van der Waals surface area contributed by atoms with Gasteiger partial charge in [0.15, 0.2) is 0 Å². The van der Waals surface area contributed by atoms with E-state index in [0.29, 0.717) is 6.04 Å². The minimum atomic E-state index is -4.42. The molecule has 1 aliphatic carbocycles. The second kappa shape index (κ2) is 8.57. The highest BCUT2D eigenvalue weighted by molar-refractivity contribution is 5.86. The quantitative estimate of drug-likeness (QED) is 0.537. The van der Waals surface area contributed by atoms with Crippen molar-refractivity contribution in [3.8, 4) is 0 Å². The lowest BCUT2D eigenvalue weighted by molar-refractivity contribution is -0.140. The Hall–Kier alpha value is -2.72. The van der Waals surface area contributed by atoms with Gasteiger partial charge in [0.2, 0.25) is 0 Å². The number of H-pyrrole nitrogens is 1. The van der Waals surface area contributed by atoms with Gasteiger partial charge in [0.05, 0.1) is 18.6 Å². The molecule has 1 aromatic carbocycles. The van der Waals surface area contributed by atoms with Crippen molar-refractivity contribution in [3.05, 3.63) is 53.2 Å². The summed E-state index contributed by atoms with van der Waals surface area (Å²) in [5.41, 5.74) is 7.16. The summed E-state index contributed by atoms with van der Waals surface area (Å²) >= 11 is 0. The number of fused-ring (bicyclic) bond motifs is 3. The number of benzene rings is 1. The zero-order chi connectivity index (χ0) is 23.2. The second-order valence-electron chi connectivity index (χ2n) is 9.02. The van der Waals surface area contributed by atoms with Gasteiger partial charge in [-0.15, -0.1) is 0 Å². The fourth-order valence-electron chi connectivity index (χ4n) is 5.15. The number of hydrogen-bond donors (Lipinski definition) is 2. The van der Waals surface area contributed by atoms with Crippen LogP contribution in [0.5, 0.6) is 0 Å². The highest BCUT2D eigenvalue weighted by Crippen LogP contribution is 2.34. The number of ether oxygens (including phenoxy) is 1. The average molecular weight is 463 g/mol. The molecule has 3 atom stereocenters. The number of aryl methyl sites for hydroxylation is 1. The highest BCUT2D eigenvalue weighted by Gasteiger charge is 2.40. The standard InChI is InChI=1S/C16H20FNO.C7H5F3N4/c17-15-3-1-12-6-16(4-2-11(12)5-15)18-7-13-9-19-10-14(13)8-18;8-7(9,10)4-1-3-5(11)12-2-13-6(3)14-4/h1,3,5,13-14,16H,2,4,6-10H2;1-2H,(H3,11,12,13,14). The molecule has 3 aromatic rings. The number of anilines is 1. The minimum Gasteiger partial charge on any atom is -0.383 e. The van der Waals surface area contributed by atoms with Crippen LogP contribution in [0.4, 0.5) is 23.4 Å². The minimum absolute atomic E-state index is 0.0294. The van der Waals surface area contributed by atoms with Crippen LogP contribution in [-0.2, 0) is 23.8 Å². The van der Waals surface area contributed by atoms with Crippen LogP contribution >= 0.6 is 0 Å². The molecule has 176 valence electrons. The molecule has 6 rings (SSSR count). The Balaban J connectivity index is 0.000000146. The van der Waals surface area contributed by atoms with Crippen LogP contribution in [0.3, 0.4) is 0 Å². The van der Waals surface area contributed by atoms with Gasteiger partial charge in [0.25, 0.3) is 0 Å². The number of aromatic nitrogens is 3. The number of nitrogens with one attached hydrogen (secondary N) is 1. The van der Waals surface area contributed by atoms with Crippen molar-refractivity contribution < 1.29 is 22.3 Å². The van der Waals surface area contributed by atoms with Gasteiger partial charge in [-0.1, -0.05) is 6.07 Å². The monoisotopic (exact) mass is 463 g/mol. The summed E-state index contributed by atoms with van der Waals surface area (Å²) in [6.07, 6.45) is -0.0196. The SMILES string of the molecule is Fc1ccc2c(c1)CCC(N1CC3COCC3C1)C2.Nc1ncnc2[nH]c(C(F)(F)F)cc12. The van der Waals surface area contributed by atoms with Crippen LogP contribution < -0.4 is 5.73 Å². The number of halogens is 4. The predicted molar refractivity (Wildman–Crippen MR) is 115 cm³/mol. The number of likely N-dealkylation sites (tertiary alicyclic amines) is 1. The molecule has 6 nitrogen and oxygen atoms in total. The number of hydrogen-bond acceptors (Lipinski definition) is 5. The van der Waals surface area contributed by atoms with Crippen molar-refractivity contribution in [1.29, 1.82) is 0 Å². The molecule has 3 aliphatic rings. The molecule has 2 aromatic heterocycles. The number of aromatic amines is 1. The van der Waals surface area contributed by atoms with E-state index >= 15 is 0 Å². The molecule has 0 spiro atoms. The van der Waals surface area contributed by atoms with Gasteiger partial charge in [-0.05, 0) is 48.6 Å². The zero-order valence-corrected chi connectivity index (χ0v) is 17.9. The molecule has 0 radical (unpaired) electrons. The summed E-state index contributed by atoms with van der Waals surface area (Å²) in [6.45, 7) is 4.31. The first-order chi connectivity index (χ1) is 15.8. The third kappa shape index (κ3) is 4.54. The summed E-state index contributed by atoms with van der Waals surface area (Å²) in [4.78, 5) is 12.0. The predicted octanol–water partition coefficient (Wildman–Crippen LogP) is 3.82. The van der Waals surface area contributed by atoms with Gasteiger partial charge in [0, 0.05) is 31.0 Å². The number of rotatable bonds is 1. The molecular weight excluding hydrogens is 438 g/mol. The average Bonchev–Trinajstić information content (AvgIpc) is 3.48. The molecule has 2 fully saturated rings. The van der Waals surface area contributed by atoms with E-state index in [9.17, 15) is 17.6 Å². The van der Waals surface area contributed by atoms with Crippen molar-refractivity contribution in [2.45, 2.75) is 31.5 Å². The molecule has 0 amide bonds. The fourth-order valence-corrected chi connectivity index (χ4v) is 5.15. The van der Waals surface area contributed by atoms with E-state index in [1.54, 1.807) is 12.1 Å². The Bertz CT molecular complexity index is 1140. The van der Waals surface area contributed by atoms with Gasteiger partial charge in [-0.3, -0.25) is 4.90 Å². The van der Waals surface area contributed by atoms with E-state index < -0.39 is 11.9 Å². The molecule has 3 N–H and O–H groups in total. The van der Waals surface area contributed by atoms with Crippen molar-refractivity contribution in [2.24, 2.45) is 11.8 Å². The molecule has 0 saturated carbocycles. The maximum atomic E-state index is 13.2. The van der Waals surface area contributed by atoms with Gasteiger partial charge < -0.3 is 15.5 Å². The van der Waals surface area contributed by atoms with Crippen LogP contribution in [0.1, 0.15) is 23.2 Å². The molecule has 0 bridgehead atoms. The number of nitrogens with two attached hydrogens (primary N) is 1. The fraction of sp³-hybridized carbons (Fsp3) is 0.478. The van der Waals surface area contributed by atoms with E-state index in [1.807, 2.05) is 6.07 Å². The number of nitrogen functional groups attached to an aromatic ring is 1. The van der Waals surface area contributed by atoms with E-state index in [4.69, 9.17) is 10.5 Å². The van der Waals surface area contributed by atoms with Gasteiger partial charge in [0.1, 0.15) is 29.3 Å². The molecule has 33 heavy (non-hydrogen) atoms. The summed E-state index contributed by atoms with van der Waals surface area (Å²) in [5.74, 6) is 1.45. The number of nitrogens with zero attached hydrogens (tertiary/aromatic N) is 3. The maximum absolute atomic E-state index is 13.2. The van der Waals surface area contributed by atoms with E-state index in [2.05, 4.69) is 19.9 Å². The summed E-state index contributed by atoms with van der Waals surface area (Å²) in [7, 11) is 0. The van der Waals surface area contributed by atoms with Crippen molar-refractivity contribution in [2.75, 3.05) is 32.0 Å². The molecule has 10 heteroatoms. The maximum Gasteiger partial charge on any atom is 0.431 e. The third-order valence-electron chi connectivity index (χ3n) is 6.92. The Morgan fingerprint density at radius 3 is 2.52 bits per heavy atom. The molecular formula is C23H25F4N5O. The molecule has 3 unspecified atom stereocenters. The lowest BCUT2D eigenvalue weighted by Gasteiger charge is -2.33. The lowest BCUT2D eigenvalue weighted by atomic mass is 9.87. The van der Waals surface area contributed by atoms with Gasteiger partial charge in [-0.25, -0.2) is 14.4 Å². The normalized spacial score (nSPS) is 24.9. The largest absolute Gasteiger partial charge is 0.431 e. The van der Waals surface area contributed by atoms with E-state index in [-0.39, 0.29) is 22.7 Å². The second-order valence-corrected chi connectivity index (χ2v) is 9.02. The lowest BCUT2D eigenvalue weighted by Crippen LogP contribution is -2.38. The summed E-state index contributed by atoms with van der Waals surface area (Å²) in [5, 5.41) is 0.180. The van der Waals surface area contributed by atoms with E-state index in [0.717, 1.165) is 50.3 Å². The van der Waals surface area contributed by atoms with Crippen LogP contribution in [0.25, 0.3) is 11.0 Å². The Morgan fingerprint density at radius 1 is 1.06 bits per heavy atom.